The van der Waals surface area contributed by atoms with Crippen molar-refractivity contribution < 1.29 is 13.0 Å². The number of hydrogen-bond donors (Lipinski definition) is 0. The van der Waals surface area contributed by atoms with E-state index in [-0.39, 0.29) is 19.5 Å². The first-order chi connectivity index (χ1) is 5.00. The molecule has 3 nitrogen and oxygen atoms in total. The molecule has 1 aliphatic heterocycles. The van der Waals surface area contributed by atoms with Gasteiger partial charge in [-0.3, -0.25) is 0 Å². The summed E-state index contributed by atoms with van der Waals surface area (Å²) in [7, 11) is -1.02. The Labute approximate surface area is 68.4 Å². The highest BCUT2D eigenvalue weighted by atomic mass is 28.4. The van der Waals surface area contributed by atoms with E-state index in [0.29, 0.717) is 0 Å². The van der Waals surface area contributed by atoms with Crippen LogP contribution in [0.15, 0.2) is 0 Å². The Bertz CT molecular complexity index is 48.9. The average Bonchev–Trinajstić information content (AvgIpc) is 2.01. The summed E-state index contributed by atoms with van der Waals surface area (Å²) in [4.78, 5) is 0. The molecule has 0 amide bonds. The SMILES string of the molecule is C1C[SiH2]O[SiH2]O[SiH2]CCO1. The van der Waals surface area contributed by atoms with Crippen molar-refractivity contribution in [3.05, 3.63) is 0 Å². The topological polar surface area (TPSA) is 27.7 Å². The Balaban J connectivity index is 2.00. The minimum Gasteiger partial charge on any atom is -0.446 e. The quantitative estimate of drug-likeness (QED) is 0.420. The molecule has 0 aromatic rings. The van der Waals surface area contributed by atoms with Crippen LogP contribution >= 0.6 is 0 Å². The summed E-state index contributed by atoms with van der Waals surface area (Å²) in [6.07, 6.45) is 0. The Morgan fingerprint density at radius 2 is 1.50 bits per heavy atom. The minimum atomic E-state index is -0.518. The molecule has 10 heavy (non-hydrogen) atoms. The minimum absolute atomic E-state index is 0.252. The number of hydrogen-bond acceptors (Lipinski definition) is 3. The summed E-state index contributed by atoms with van der Waals surface area (Å²) < 4.78 is 16.2. The highest BCUT2D eigenvalue weighted by Crippen LogP contribution is 1.90. The molecule has 0 N–H and O–H groups in total. The van der Waals surface area contributed by atoms with Crippen LogP contribution in [0.1, 0.15) is 0 Å². The van der Waals surface area contributed by atoms with Crippen molar-refractivity contribution in [2.45, 2.75) is 12.1 Å². The predicted octanol–water partition coefficient (Wildman–Crippen LogP) is -1.95. The summed E-state index contributed by atoms with van der Waals surface area (Å²) in [6.45, 7) is 1.85. The second-order valence-corrected chi connectivity index (χ2v) is 7.99. The standard InChI is InChI=1S/C4H14O3Si3/c1-3-8-6-10-7-9-4-2-5-1/h1-4,8-10H2. The predicted molar refractivity (Wildman–Crippen MR) is 48.2 cm³/mol. The second-order valence-electron chi connectivity index (χ2n) is 2.25. The van der Waals surface area contributed by atoms with Crippen LogP contribution in [-0.2, 0) is 13.0 Å². The molecule has 1 fully saturated rings. The molecular weight excluding hydrogens is 180 g/mol. The monoisotopic (exact) mass is 194 g/mol. The number of rotatable bonds is 0. The largest absolute Gasteiger partial charge is 0.446 e. The molecule has 6 heteroatoms. The molecule has 0 saturated carbocycles. The summed E-state index contributed by atoms with van der Waals surface area (Å²) in [5, 5.41) is 0. The first kappa shape index (κ1) is 8.63. The lowest BCUT2D eigenvalue weighted by atomic mass is 10.8. The van der Waals surface area contributed by atoms with Crippen molar-refractivity contribution >= 4 is 29.5 Å². The first-order valence-corrected chi connectivity index (χ1v) is 8.04. The van der Waals surface area contributed by atoms with Gasteiger partial charge >= 0.3 is 0 Å². The average molecular weight is 194 g/mol. The lowest BCUT2D eigenvalue weighted by molar-refractivity contribution is 0.158. The highest BCUT2D eigenvalue weighted by Gasteiger charge is 1.96. The maximum atomic E-state index is 5.42. The van der Waals surface area contributed by atoms with Crippen LogP contribution in [0.5, 0.6) is 0 Å². The molecule has 0 aliphatic carbocycles. The first-order valence-electron chi connectivity index (χ1n) is 3.73. The molecule has 0 radical (unpaired) electrons. The van der Waals surface area contributed by atoms with E-state index in [1.807, 2.05) is 0 Å². The molecule has 0 aromatic heterocycles. The fourth-order valence-electron chi connectivity index (χ4n) is 0.805. The van der Waals surface area contributed by atoms with Crippen LogP contribution in [0.2, 0.25) is 12.1 Å². The molecule has 1 aliphatic rings. The van der Waals surface area contributed by atoms with E-state index in [9.17, 15) is 0 Å². The zero-order valence-electron chi connectivity index (χ0n) is 6.17. The smallest absolute Gasteiger partial charge is 0.283 e. The molecule has 1 heterocycles. The molecule has 0 unspecified atom stereocenters. The van der Waals surface area contributed by atoms with Gasteiger partial charge in [0, 0.05) is 13.2 Å². The van der Waals surface area contributed by atoms with Crippen LogP contribution in [0.25, 0.3) is 0 Å². The van der Waals surface area contributed by atoms with Crippen molar-refractivity contribution in [3.63, 3.8) is 0 Å². The molecule has 0 spiro atoms. The van der Waals surface area contributed by atoms with E-state index in [4.69, 9.17) is 13.0 Å². The van der Waals surface area contributed by atoms with Crippen molar-refractivity contribution in [2.75, 3.05) is 13.2 Å². The van der Waals surface area contributed by atoms with Crippen molar-refractivity contribution in [1.29, 1.82) is 0 Å². The van der Waals surface area contributed by atoms with Gasteiger partial charge in [0.25, 0.3) is 10.0 Å². The summed E-state index contributed by atoms with van der Waals surface area (Å²) in [6, 6.07) is 2.33. The zero-order valence-corrected chi connectivity index (χ0v) is 10.4. The third kappa shape index (κ3) is 4.36. The lowest BCUT2D eigenvalue weighted by Crippen LogP contribution is -2.15. The third-order valence-corrected chi connectivity index (χ3v) is 6.12. The van der Waals surface area contributed by atoms with Crippen molar-refractivity contribution in [3.8, 4) is 0 Å². The van der Waals surface area contributed by atoms with Gasteiger partial charge in [0.05, 0.1) is 0 Å². The van der Waals surface area contributed by atoms with Crippen LogP contribution in [0.4, 0.5) is 0 Å². The Morgan fingerprint density at radius 1 is 0.900 bits per heavy atom. The van der Waals surface area contributed by atoms with Crippen LogP contribution in [-0.4, -0.2) is 42.7 Å². The summed E-state index contributed by atoms with van der Waals surface area (Å²) in [5.41, 5.74) is 0. The molecule has 1 rings (SSSR count). The summed E-state index contributed by atoms with van der Waals surface area (Å²) in [5.74, 6) is 0. The molecule has 0 bridgehead atoms. The number of ether oxygens (including phenoxy) is 1. The molecular formula is C4H14O3Si3. The van der Waals surface area contributed by atoms with E-state index in [1.165, 1.54) is 0 Å². The normalized spacial score (nSPS) is 31.2. The van der Waals surface area contributed by atoms with E-state index >= 15 is 0 Å². The fraction of sp³-hybridized carbons (Fsp3) is 1.00. The van der Waals surface area contributed by atoms with Gasteiger partial charge in [0.2, 0.25) is 0 Å². The van der Waals surface area contributed by atoms with E-state index < -0.39 is 10.0 Å². The Hall–Kier alpha value is 0.531. The van der Waals surface area contributed by atoms with Gasteiger partial charge < -0.3 is 13.0 Å². The van der Waals surface area contributed by atoms with Gasteiger partial charge in [-0.1, -0.05) is 0 Å². The van der Waals surface area contributed by atoms with Crippen molar-refractivity contribution in [1.82, 2.24) is 0 Å². The van der Waals surface area contributed by atoms with Crippen molar-refractivity contribution in [2.24, 2.45) is 0 Å². The second kappa shape index (κ2) is 6.25. The van der Waals surface area contributed by atoms with Crippen LogP contribution in [0, 0.1) is 0 Å². The Morgan fingerprint density at radius 3 is 2.10 bits per heavy atom. The highest BCUT2D eigenvalue weighted by molar-refractivity contribution is 6.45. The molecule has 60 valence electrons. The molecule has 1 saturated heterocycles. The lowest BCUT2D eigenvalue weighted by Gasteiger charge is -2.08. The summed E-state index contributed by atoms with van der Waals surface area (Å²) >= 11 is 0. The maximum Gasteiger partial charge on any atom is 0.283 e. The zero-order chi connectivity index (χ0) is 7.07. The fourth-order valence-corrected chi connectivity index (χ4v) is 5.56. The molecule has 0 atom stereocenters. The van der Waals surface area contributed by atoms with E-state index in [0.717, 1.165) is 25.3 Å². The Kier molecular flexibility index (Phi) is 5.39. The van der Waals surface area contributed by atoms with Gasteiger partial charge in [0.15, 0.2) is 19.5 Å². The van der Waals surface area contributed by atoms with E-state index in [2.05, 4.69) is 0 Å². The molecule has 0 aromatic carbocycles. The van der Waals surface area contributed by atoms with Gasteiger partial charge in [0.1, 0.15) is 0 Å². The van der Waals surface area contributed by atoms with Gasteiger partial charge in [-0.2, -0.15) is 0 Å². The van der Waals surface area contributed by atoms with Crippen LogP contribution in [0.3, 0.4) is 0 Å². The van der Waals surface area contributed by atoms with Gasteiger partial charge in [-0.05, 0) is 12.1 Å². The van der Waals surface area contributed by atoms with Gasteiger partial charge in [-0.25, -0.2) is 0 Å². The van der Waals surface area contributed by atoms with Gasteiger partial charge in [-0.15, -0.1) is 0 Å². The van der Waals surface area contributed by atoms with Crippen LogP contribution < -0.4 is 0 Å². The third-order valence-electron chi connectivity index (χ3n) is 1.32. The maximum absolute atomic E-state index is 5.42. The van der Waals surface area contributed by atoms with E-state index in [1.54, 1.807) is 0 Å².